The molecule has 2 N–H and O–H groups in total. The zero-order chi connectivity index (χ0) is 17.8. The second-order valence-electron chi connectivity index (χ2n) is 4.70. The van der Waals surface area contributed by atoms with Crippen molar-refractivity contribution in [2.45, 2.75) is 9.79 Å². The quantitative estimate of drug-likeness (QED) is 0.381. The van der Waals surface area contributed by atoms with Gasteiger partial charge in [-0.25, -0.2) is 26.3 Å². The van der Waals surface area contributed by atoms with Crippen LogP contribution in [0.1, 0.15) is 0 Å². The van der Waals surface area contributed by atoms with Gasteiger partial charge in [-0.3, -0.25) is 0 Å². The Morgan fingerprint density at radius 1 is 0.625 bits per heavy atom. The molecular weight excluding hydrogens is 578 g/mol. The van der Waals surface area contributed by atoms with E-state index in [4.69, 9.17) is 0 Å². The smallest absolute Gasteiger partial charge is 0.210 e. The second-order valence-corrected chi connectivity index (χ2v) is 10.7. The highest BCUT2D eigenvalue weighted by atomic mass is 127. The van der Waals surface area contributed by atoms with E-state index in [1.807, 2.05) is 0 Å². The highest BCUT2D eigenvalue weighted by molar-refractivity contribution is 14.1. The molecule has 10 heteroatoms. The second kappa shape index (κ2) is 8.40. The topological polar surface area (TPSA) is 92.3 Å². The van der Waals surface area contributed by atoms with Crippen molar-refractivity contribution >= 4 is 65.2 Å². The van der Waals surface area contributed by atoms with Crippen molar-refractivity contribution in [3.05, 3.63) is 55.7 Å². The number of rotatable bonds is 7. The number of benzene rings is 2. The lowest BCUT2D eigenvalue weighted by Gasteiger charge is -2.09. The Bertz CT molecular complexity index is 819. The van der Waals surface area contributed by atoms with Crippen molar-refractivity contribution in [3.8, 4) is 0 Å². The average molecular weight is 592 g/mol. The summed E-state index contributed by atoms with van der Waals surface area (Å²) in [7, 11) is -7.31. The molecule has 0 unspecified atom stereocenters. The van der Waals surface area contributed by atoms with Crippen molar-refractivity contribution in [2.75, 3.05) is 13.1 Å². The first-order valence-corrected chi connectivity index (χ1v) is 11.8. The molecule has 0 aliphatic heterocycles. The van der Waals surface area contributed by atoms with E-state index in [0.717, 1.165) is 7.14 Å². The molecule has 2 aromatic carbocycles. The molecular formula is C14H14I2N2O4S2. The van der Waals surface area contributed by atoms with Crippen LogP contribution in [-0.4, -0.2) is 29.9 Å². The fourth-order valence-electron chi connectivity index (χ4n) is 1.76. The summed E-state index contributed by atoms with van der Waals surface area (Å²) < 4.78 is 54.9. The molecule has 2 rings (SSSR count). The van der Waals surface area contributed by atoms with Crippen LogP contribution in [0.2, 0.25) is 0 Å². The minimum atomic E-state index is -3.65. The van der Waals surface area contributed by atoms with Crippen LogP contribution in [0, 0.1) is 7.14 Å². The Kier molecular flexibility index (Phi) is 7.01. The summed E-state index contributed by atoms with van der Waals surface area (Å²) >= 11 is 4.17. The molecule has 0 heterocycles. The highest BCUT2D eigenvalue weighted by Gasteiger charge is 2.15. The number of hydrogen-bond acceptors (Lipinski definition) is 4. The minimum Gasteiger partial charge on any atom is -0.210 e. The number of sulfonamides is 2. The zero-order valence-electron chi connectivity index (χ0n) is 12.2. The van der Waals surface area contributed by atoms with E-state index in [9.17, 15) is 16.8 Å². The molecule has 130 valence electrons. The van der Waals surface area contributed by atoms with Crippen molar-refractivity contribution in [1.29, 1.82) is 0 Å². The third kappa shape index (κ3) is 5.62. The summed E-state index contributed by atoms with van der Waals surface area (Å²) in [5.41, 5.74) is 0. The maximum absolute atomic E-state index is 12.1. The van der Waals surface area contributed by atoms with E-state index in [0.29, 0.717) is 0 Å². The van der Waals surface area contributed by atoms with Gasteiger partial charge in [-0.15, -0.1) is 0 Å². The van der Waals surface area contributed by atoms with Gasteiger partial charge in [0.05, 0.1) is 9.79 Å². The van der Waals surface area contributed by atoms with E-state index in [1.54, 1.807) is 24.3 Å². The summed E-state index contributed by atoms with van der Waals surface area (Å²) in [6, 6.07) is 12.8. The van der Waals surface area contributed by atoms with E-state index in [2.05, 4.69) is 54.6 Å². The monoisotopic (exact) mass is 592 g/mol. The number of halogens is 2. The lowest BCUT2D eigenvalue weighted by Crippen LogP contribution is -2.34. The summed E-state index contributed by atoms with van der Waals surface area (Å²) in [5, 5.41) is 0. The van der Waals surface area contributed by atoms with Gasteiger partial charge >= 0.3 is 0 Å². The zero-order valence-corrected chi connectivity index (χ0v) is 18.2. The molecule has 0 aliphatic carbocycles. The van der Waals surface area contributed by atoms with Crippen LogP contribution in [0.15, 0.2) is 58.3 Å². The Balaban J connectivity index is 1.92. The van der Waals surface area contributed by atoms with Gasteiger partial charge in [0.2, 0.25) is 20.0 Å². The van der Waals surface area contributed by atoms with Crippen LogP contribution in [-0.2, 0) is 20.0 Å². The third-order valence-electron chi connectivity index (χ3n) is 2.96. The molecule has 0 radical (unpaired) electrons. The fraction of sp³-hybridized carbons (Fsp3) is 0.143. The van der Waals surface area contributed by atoms with Crippen molar-refractivity contribution in [2.24, 2.45) is 0 Å². The first kappa shape index (κ1) is 20.0. The molecule has 0 saturated carbocycles. The Labute approximate surface area is 168 Å². The molecule has 0 fully saturated rings. The molecule has 0 amide bonds. The molecule has 2 aromatic rings. The molecule has 0 aliphatic rings. The molecule has 0 spiro atoms. The van der Waals surface area contributed by atoms with Crippen LogP contribution in [0.25, 0.3) is 0 Å². The largest absolute Gasteiger partial charge is 0.240 e. The Hall–Kier alpha value is -0.280. The van der Waals surface area contributed by atoms with Crippen LogP contribution < -0.4 is 9.44 Å². The van der Waals surface area contributed by atoms with Crippen LogP contribution in [0.5, 0.6) is 0 Å². The van der Waals surface area contributed by atoms with Crippen molar-refractivity contribution < 1.29 is 16.8 Å². The van der Waals surface area contributed by atoms with Crippen LogP contribution >= 0.6 is 45.2 Å². The van der Waals surface area contributed by atoms with E-state index >= 15 is 0 Å². The standard InChI is InChI=1S/C14H14I2N2O4S2/c15-11-1-5-13(6-2-11)23(19,20)17-9-10-18-24(21,22)14-7-3-12(16)4-8-14/h1-8,17-18H,9-10H2. The summed E-state index contributed by atoms with van der Waals surface area (Å²) in [5.74, 6) is 0. The summed E-state index contributed by atoms with van der Waals surface area (Å²) in [6.07, 6.45) is 0. The molecule has 6 nitrogen and oxygen atoms in total. The lowest BCUT2D eigenvalue weighted by molar-refractivity contribution is 0.570. The van der Waals surface area contributed by atoms with E-state index < -0.39 is 20.0 Å². The van der Waals surface area contributed by atoms with Gasteiger partial charge in [-0.2, -0.15) is 0 Å². The summed E-state index contributed by atoms with van der Waals surface area (Å²) in [6.45, 7) is -0.0875. The SMILES string of the molecule is O=S(=O)(NCCNS(=O)(=O)c1ccc(I)cc1)c1ccc(I)cc1. The number of hydrogen-bond donors (Lipinski definition) is 2. The average Bonchev–Trinajstić information content (AvgIpc) is 2.52. The van der Waals surface area contributed by atoms with Gasteiger partial charge in [0, 0.05) is 20.2 Å². The fourth-order valence-corrected chi connectivity index (χ4v) is 4.55. The first-order chi connectivity index (χ1) is 11.2. The van der Waals surface area contributed by atoms with Gasteiger partial charge in [-0.05, 0) is 93.7 Å². The molecule has 0 aromatic heterocycles. The highest BCUT2D eigenvalue weighted by Crippen LogP contribution is 2.12. The molecule has 0 bridgehead atoms. The van der Waals surface area contributed by atoms with Gasteiger partial charge < -0.3 is 0 Å². The maximum Gasteiger partial charge on any atom is 0.240 e. The predicted octanol–water partition coefficient (Wildman–Crippen LogP) is 2.15. The van der Waals surface area contributed by atoms with Crippen molar-refractivity contribution in [1.82, 2.24) is 9.44 Å². The van der Waals surface area contributed by atoms with Gasteiger partial charge in [0.1, 0.15) is 0 Å². The molecule has 24 heavy (non-hydrogen) atoms. The third-order valence-corrected chi connectivity index (χ3v) is 7.35. The lowest BCUT2D eigenvalue weighted by atomic mass is 10.4. The van der Waals surface area contributed by atoms with Crippen LogP contribution in [0.3, 0.4) is 0 Å². The van der Waals surface area contributed by atoms with Crippen LogP contribution in [0.4, 0.5) is 0 Å². The van der Waals surface area contributed by atoms with E-state index in [-0.39, 0.29) is 22.9 Å². The minimum absolute atomic E-state index is 0.0437. The normalized spacial score (nSPS) is 12.2. The molecule has 0 saturated heterocycles. The predicted molar refractivity (Wildman–Crippen MR) is 109 cm³/mol. The van der Waals surface area contributed by atoms with Gasteiger partial charge in [0.15, 0.2) is 0 Å². The molecule has 0 atom stereocenters. The van der Waals surface area contributed by atoms with Gasteiger partial charge in [-0.1, -0.05) is 0 Å². The Morgan fingerprint density at radius 2 is 0.917 bits per heavy atom. The van der Waals surface area contributed by atoms with Crippen molar-refractivity contribution in [3.63, 3.8) is 0 Å². The number of nitrogens with one attached hydrogen (secondary N) is 2. The van der Waals surface area contributed by atoms with Gasteiger partial charge in [0.25, 0.3) is 0 Å². The van der Waals surface area contributed by atoms with E-state index in [1.165, 1.54) is 24.3 Å². The summed E-state index contributed by atoms with van der Waals surface area (Å²) in [4.78, 5) is 0.284. The first-order valence-electron chi connectivity index (χ1n) is 6.71. The Morgan fingerprint density at radius 3 is 1.21 bits per heavy atom. The maximum atomic E-state index is 12.1.